The van der Waals surface area contributed by atoms with E-state index in [4.69, 9.17) is 23.2 Å². The molecule has 0 saturated carbocycles. The second kappa shape index (κ2) is 14.1. The van der Waals surface area contributed by atoms with Gasteiger partial charge in [-0.3, -0.25) is 14.5 Å². The standard InChI is InChI=1S/C30H38Cl2F2N4O2/c1-2-21(22-7-4-3-5-8-22)19-38-16-11-24(18-35-28(39)23-9-10-25(31)26(32)17-23)36-27(29(38)40)12-15-37-14-6-13-30(33,34)20-37/h3-5,7-10,17,21,24,27,36H,2,6,11-16,18-20H2,1H3,(H,35,39). The minimum Gasteiger partial charge on any atom is -0.350 e. The molecule has 0 spiro atoms. The summed E-state index contributed by atoms with van der Waals surface area (Å²) in [6.45, 7) is 4.30. The maximum atomic E-state index is 14.0. The number of hydrogen-bond donors (Lipinski definition) is 2. The van der Waals surface area contributed by atoms with Crippen LogP contribution >= 0.6 is 23.2 Å². The van der Waals surface area contributed by atoms with Crippen molar-refractivity contribution in [3.05, 3.63) is 69.7 Å². The summed E-state index contributed by atoms with van der Waals surface area (Å²) < 4.78 is 28.0. The van der Waals surface area contributed by atoms with Crippen LogP contribution in [0.2, 0.25) is 10.0 Å². The van der Waals surface area contributed by atoms with Gasteiger partial charge < -0.3 is 15.5 Å². The zero-order valence-corrected chi connectivity index (χ0v) is 24.4. The molecule has 2 fully saturated rings. The van der Waals surface area contributed by atoms with E-state index >= 15 is 0 Å². The van der Waals surface area contributed by atoms with Crippen molar-refractivity contribution in [2.45, 2.75) is 63.0 Å². The summed E-state index contributed by atoms with van der Waals surface area (Å²) in [5, 5.41) is 7.07. The molecular formula is C30H38Cl2F2N4O2. The van der Waals surface area contributed by atoms with E-state index in [9.17, 15) is 18.4 Å². The van der Waals surface area contributed by atoms with Gasteiger partial charge in [0.2, 0.25) is 5.91 Å². The van der Waals surface area contributed by atoms with E-state index in [0.29, 0.717) is 67.6 Å². The Morgan fingerprint density at radius 3 is 2.62 bits per heavy atom. The number of piperidine rings is 1. The summed E-state index contributed by atoms with van der Waals surface area (Å²) in [5.41, 5.74) is 1.59. The molecule has 2 amide bonds. The monoisotopic (exact) mass is 594 g/mol. The van der Waals surface area contributed by atoms with Crippen molar-refractivity contribution in [1.82, 2.24) is 20.4 Å². The van der Waals surface area contributed by atoms with Gasteiger partial charge >= 0.3 is 0 Å². The van der Waals surface area contributed by atoms with Crippen LogP contribution in [-0.2, 0) is 4.79 Å². The van der Waals surface area contributed by atoms with E-state index in [1.54, 1.807) is 17.0 Å². The highest BCUT2D eigenvalue weighted by molar-refractivity contribution is 6.42. The quantitative estimate of drug-likeness (QED) is 0.376. The topological polar surface area (TPSA) is 64.7 Å². The van der Waals surface area contributed by atoms with Crippen LogP contribution in [0.5, 0.6) is 0 Å². The van der Waals surface area contributed by atoms with Crippen molar-refractivity contribution in [2.75, 3.05) is 39.3 Å². The Kier molecular flexibility index (Phi) is 10.8. The number of amides is 2. The van der Waals surface area contributed by atoms with Crippen LogP contribution < -0.4 is 10.6 Å². The second-order valence-electron chi connectivity index (χ2n) is 10.9. The van der Waals surface area contributed by atoms with Crippen molar-refractivity contribution >= 4 is 35.0 Å². The molecule has 2 aromatic rings. The summed E-state index contributed by atoms with van der Waals surface area (Å²) in [5.74, 6) is -2.80. The number of carbonyl (C=O) groups is 2. The average molecular weight is 596 g/mol. The van der Waals surface area contributed by atoms with Crippen molar-refractivity contribution in [3.63, 3.8) is 0 Å². The molecule has 0 aliphatic carbocycles. The Morgan fingerprint density at radius 1 is 1.15 bits per heavy atom. The number of carbonyl (C=O) groups excluding carboxylic acids is 2. The lowest BCUT2D eigenvalue weighted by Gasteiger charge is -2.34. The minimum atomic E-state index is -2.69. The number of alkyl halides is 2. The molecule has 2 aliphatic rings. The summed E-state index contributed by atoms with van der Waals surface area (Å²) in [6.07, 6.45) is 2.32. The molecule has 218 valence electrons. The molecule has 3 atom stereocenters. The highest BCUT2D eigenvalue weighted by atomic mass is 35.5. The van der Waals surface area contributed by atoms with E-state index in [1.165, 1.54) is 11.6 Å². The zero-order valence-electron chi connectivity index (χ0n) is 22.9. The molecule has 0 aromatic heterocycles. The Bertz CT molecular complexity index is 1150. The van der Waals surface area contributed by atoms with Gasteiger partial charge in [0.05, 0.1) is 22.6 Å². The van der Waals surface area contributed by atoms with Gasteiger partial charge in [-0.15, -0.1) is 0 Å². The van der Waals surface area contributed by atoms with Crippen LogP contribution in [0.4, 0.5) is 8.78 Å². The first-order valence-electron chi connectivity index (χ1n) is 14.1. The van der Waals surface area contributed by atoms with Gasteiger partial charge in [-0.25, -0.2) is 8.78 Å². The normalized spacial score (nSPS) is 22.5. The SMILES string of the molecule is CCC(CN1CCC(CNC(=O)c2ccc(Cl)c(Cl)c2)NC(CCN2CCCC(F)(F)C2)C1=O)c1ccccc1. The lowest BCUT2D eigenvalue weighted by Crippen LogP contribution is -2.51. The van der Waals surface area contributed by atoms with Crippen LogP contribution in [-0.4, -0.2) is 78.9 Å². The minimum absolute atomic E-state index is 0.0172. The van der Waals surface area contributed by atoms with Gasteiger partial charge in [0.1, 0.15) is 0 Å². The van der Waals surface area contributed by atoms with Crippen LogP contribution in [0.15, 0.2) is 48.5 Å². The molecule has 10 heteroatoms. The first-order chi connectivity index (χ1) is 19.1. The van der Waals surface area contributed by atoms with Crippen LogP contribution in [0.25, 0.3) is 0 Å². The third kappa shape index (κ3) is 8.38. The van der Waals surface area contributed by atoms with Crippen LogP contribution in [0.1, 0.15) is 60.9 Å². The summed E-state index contributed by atoms with van der Waals surface area (Å²) in [7, 11) is 0. The van der Waals surface area contributed by atoms with Gasteiger partial charge in [0.15, 0.2) is 0 Å². The molecule has 4 rings (SSSR count). The smallest absolute Gasteiger partial charge is 0.260 e. The van der Waals surface area contributed by atoms with Crippen molar-refractivity contribution in [2.24, 2.45) is 0 Å². The maximum Gasteiger partial charge on any atom is 0.260 e. The second-order valence-corrected chi connectivity index (χ2v) is 11.7. The largest absolute Gasteiger partial charge is 0.350 e. The third-order valence-corrected chi connectivity index (χ3v) is 8.63. The van der Waals surface area contributed by atoms with E-state index < -0.39 is 12.0 Å². The molecule has 3 unspecified atom stereocenters. The van der Waals surface area contributed by atoms with Crippen molar-refractivity contribution < 1.29 is 18.4 Å². The molecule has 2 N–H and O–H groups in total. The lowest BCUT2D eigenvalue weighted by molar-refractivity contribution is -0.133. The van der Waals surface area contributed by atoms with Gasteiger partial charge in [0.25, 0.3) is 11.8 Å². The van der Waals surface area contributed by atoms with Gasteiger partial charge in [-0.2, -0.15) is 0 Å². The fourth-order valence-corrected chi connectivity index (χ4v) is 5.89. The molecular weight excluding hydrogens is 557 g/mol. The average Bonchev–Trinajstić information content (AvgIpc) is 3.08. The van der Waals surface area contributed by atoms with E-state index in [1.807, 2.05) is 23.1 Å². The Morgan fingerprint density at radius 2 is 1.93 bits per heavy atom. The number of rotatable bonds is 10. The predicted octanol–water partition coefficient (Wildman–Crippen LogP) is 5.60. The van der Waals surface area contributed by atoms with Crippen molar-refractivity contribution in [3.8, 4) is 0 Å². The molecule has 0 radical (unpaired) electrons. The highest BCUT2D eigenvalue weighted by Crippen LogP contribution is 2.27. The first-order valence-corrected chi connectivity index (χ1v) is 14.8. The third-order valence-electron chi connectivity index (χ3n) is 7.90. The lowest BCUT2D eigenvalue weighted by atomic mass is 9.95. The number of nitrogens with zero attached hydrogens (tertiary/aromatic N) is 2. The molecule has 2 heterocycles. The van der Waals surface area contributed by atoms with Gasteiger partial charge in [-0.05, 0) is 56.0 Å². The van der Waals surface area contributed by atoms with Gasteiger partial charge in [0, 0.05) is 50.1 Å². The van der Waals surface area contributed by atoms with E-state index in [0.717, 1.165) is 6.42 Å². The fraction of sp³-hybridized carbons (Fsp3) is 0.533. The molecule has 0 bridgehead atoms. The molecule has 2 aromatic carbocycles. The number of nitrogens with one attached hydrogen (secondary N) is 2. The Labute approximate surface area is 245 Å². The van der Waals surface area contributed by atoms with Crippen LogP contribution in [0, 0.1) is 0 Å². The molecule has 2 aliphatic heterocycles. The number of halogens is 4. The van der Waals surface area contributed by atoms with Crippen molar-refractivity contribution in [1.29, 1.82) is 0 Å². The molecule has 2 saturated heterocycles. The Hall–Kier alpha value is -2.26. The fourth-order valence-electron chi connectivity index (χ4n) is 5.60. The highest BCUT2D eigenvalue weighted by Gasteiger charge is 2.37. The number of hydrogen-bond acceptors (Lipinski definition) is 4. The maximum absolute atomic E-state index is 14.0. The number of benzene rings is 2. The summed E-state index contributed by atoms with van der Waals surface area (Å²) >= 11 is 12.1. The van der Waals surface area contributed by atoms with Crippen LogP contribution in [0.3, 0.4) is 0 Å². The predicted molar refractivity (Wildman–Crippen MR) is 155 cm³/mol. The molecule has 6 nitrogen and oxygen atoms in total. The number of likely N-dealkylation sites (tertiary alicyclic amines) is 1. The first kappa shape index (κ1) is 30.7. The Balaban J connectivity index is 1.44. The zero-order chi connectivity index (χ0) is 28.7. The van der Waals surface area contributed by atoms with E-state index in [-0.39, 0.29) is 36.7 Å². The molecule has 40 heavy (non-hydrogen) atoms. The summed E-state index contributed by atoms with van der Waals surface area (Å²) in [6, 6.07) is 14.2. The van der Waals surface area contributed by atoms with E-state index in [2.05, 4.69) is 29.7 Å². The summed E-state index contributed by atoms with van der Waals surface area (Å²) in [4.78, 5) is 30.2. The van der Waals surface area contributed by atoms with Gasteiger partial charge in [-0.1, -0.05) is 60.5 Å².